The summed E-state index contributed by atoms with van der Waals surface area (Å²) in [6, 6.07) is 27.7. The summed E-state index contributed by atoms with van der Waals surface area (Å²) in [5, 5.41) is 0. The minimum atomic E-state index is -6.09. The standard InChI is InChI=1S/C27H33S.CHF3O3S/c1-19(2)22-7-13-25(14-8-22)28(26-15-9-23(10-16-26)20(3)4)27-17-11-24(12-18-27)21(5)6;2-1(3,4)8(5,6)7/h7-21H,1-6H3;(H,5,6,7)/q+1;/p-1. The minimum absolute atomic E-state index is 0.0791. The molecule has 0 amide bonds. The van der Waals surface area contributed by atoms with Crippen molar-refractivity contribution in [2.45, 2.75) is 79.5 Å². The maximum Gasteiger partial charge on any atom is 0.485 e. The first-order valence-electron chi connectivity index (χ1n) is 11.7. The van der Waals surface area contributed by atoms with Gasteiger partial charge in [-0.2, -0.15) is 13.2 Å². The van der Waals surface area contributed by atoms with Crippen LogP contribution in [0.5, 0.6) is 0 Å². The Morgan fingerprint density at radius 2 is 0.778 bits per heavy atom. The van der Waals surface area contributed by atoms with Gasteiger partial charge in [-0.05, 0) is 70.8 Å². The highest BCUT2D eigenvalue weighted by atomic mass is 32.2. The first-order chi connectivity index (χ1) is 16.6. The molecule has 0 spiro atoms. The Bertz CT molecular complexity index is 1080. The van der Waals surface area contributed by atoms with E-state index in [0.29, 0.717) is 17.8 Å². The molecule has 0 N–H and O–H groups in total. The molecule has 0 unspecified atom stereocenters. The van der Waals surface area contributed by atoms with Crippen LogP contribution in [0.15, 0.2) is 87.5 Å². The van der Waals surface area contributed by atoms with Crippen molar-refractivity contribution < 1.29 is 26.1 Å². The van der Waals surface area contributed by atoms with Gasteiger partial charge >= 0.3 is 5.51 Å². The topological polar surface area (TPSA) is 57.2 Å². The fraction of sp³-hybridized carbons (Fsp3) is 0.357. The largest absolute Gasteiger partial charge is 0.741 e. The molecule has 3 nitrogen and oxygen atoms in total. The third kappa shape index (κ3) is 8.11. The van der Waals surface area contributed by atoms with E-state index < -0.39 is 15.6 Å². The second-order valence-corrected chi connectivity index (χ2v) is 12.8. The summed E-state index contributed by atoms with van der Waals surface area (Å²) in [5.74, 6) is 1.68. The van der Waals surface area contributed by atoms with Crippen LogP contribution in [0.3, 0.4) is 0 Å². The van der Waals surface area contributed by atoms with Crippen LogP contribution >= 0.6 is 0 Å². The zero-order chi connectivity index (χ0) is 27.3. The SMILES string of the molecule is CC(C)c1ccc([S+](c2ccc(C(C)C)cc2)c2ccc(C(C)C)cc2)cc1.O=S(=O)([O-])C(F)(F)F. The number of rotatable bonds is 6. The van der Waals surface area contributed by atoms with Gasteiger partial charge in [-0.1, -0.05) is 77.9 Å². The van der Waals surface area contributed by atoms with Gasteiger partial charge in [0.25, 0.3) is 0 Å². The molecule has 0 aliphatic rings. The summed E-state index contributed by atoms with van der Waals surface area (Å²) >= 11 is 0. The molecule has 0 aliphatic heterocycles. The maximum absolute atomic E-state index is 10.7. The van der Waals surface area contributed by atoms with E-state index in [4.69, 9.17) is 13.0 Å². The molecule has 3 aromatic rings. The van der Waals surface area contributed by atoms with Gasteiger partial charge in [-0.15, -0.1) is 0 Å². The van der Waals surface area contributed by atoms with Gasteiger partial charge < -0.3 is 4.55 Å². The molecule has 8 heteroatoms. The molecule has 0 bridgehead atoms. The van der Waals surface area contributed by atoms with Crippen molar-refractivity contribution in [3.63, 3.8) is 0 Å². The van der Waals surface area contributed by atoms with Gasteiger partial charge in [0, 0.05) is 0 Å². The Balaban J connectivity index is 0.000000493. The summed E-state index contributed by atoms with van der Waals surface area (Å²) in [5.41, 5.74) is -1.44. The molecule has 36 heavy (non-hydrogen) atoms. The van der Waals surface area contributed by atoms with Crippen molar-refractivity contribution in [1.82, 2.24) is 0 Å². The lowest BCUT2D eigenvalue weighted by Gasteiger charge is -2.12. The molecule has 0 radical (unpaired) electrons. The van der Waals surface area contributed by atoms with Gasteiger partial charge in [-0.3, -0.25) is 0 Å². The van der Waals surface area contributed by atoms with Crippen LogP contribution < -0.4 is 0 Å². The van der Waals surface area contributed by atoms with E-state index in [0.717, 1.165) is 0 Å². The normalized spacial score (nSPS) is 12.3. The van der Waals surface area contributed by atoms with Crippen LogP contribution in [0.25, 0.3) is 0 Å². The van der Waals surface area contributed by atoms with E-state index in [1.54, 1.807) is 0 Å². The second kappa shape index (κ2) is 12.3. The van der Waals surface area contributed by atoms with E-state index in [9.17, 15) is 13.2 Å². The number of benzene rings is 3. The molecule has 0 heterocycles. The highest BCUT2D eigenvalue weighted by molar-refractivity contribution is 7.97. The van der Waals surface area contributed by atoms with E-state index in [2.05, 4.69) is 114 Å². The number of hydrogen-bond donors (Lipinski definition) is 0. The zero-order valence-corrected chi connectivity index (χ0v) is 23.0. The molecular weight excluding hydrogens is 505 g/mol. The highest BCUT2D eigenvalue weighted by Crippen LogP contribution is 2.33. The molecule has 0 fully saturated rings. The van der Waals surface area contributed by atoms with Crippen molar-refractivity contribution >= 4 is 21.0 Å². The van der Waals surface area contributed by atoms with Crippen molar-refractivity contribution in [2.75, 3.05) is 0 Å². The third-order valence-corrected chi connectivity index (χ3v) is 8.43. The van der Waals surface area contributed by atoms with Crippen molar-refractivity contribution in [3.8, 4) is 0 Å². The molecule has 0 aromatic heterocycles. The number of hydrogen-bond acceptors (Lipinski definition) is 3. The smallest absolute Gasteiger partial charge is 0.485 e. The van der Waals surface area contributed by atoms with Gasteiger partial charge in [0.2, 0.25) is 0 Å². The first kappa shape index (κ1) is 29.9. The van der Waals surface area contributed by atoms with Gasteiger partial charge in [0.05, 0.1) is 10.9 Å². The second-order valence-electron chi connectivity index (χ2n) is 9.38. The Labute approximate surface area is 215 Å². The van der Waals surface area contributed by atoms with Crippen LogP contribution in [-0.2, 0) is 21.0 Å². The van der Waals surface area contributed by atoms with Crippen LogP contribution in [0.4, 0.5) is 13.2 Å². The molecule has 0 saturated carbocycles. The highest BCUT2D eigenvalue weighted by Gasteiger charge is 2.37. The average molecular weight is 539 g/mol. The molecule has 196 valence electrons. The molecular formula is C28H33F3O3S2. The van der Waals surface area contributed by atoms with Crippen molar-refractivity contribution in [3.05, 3.63) is 89.5 Å². The summed E-state index contributed by atoms with van der Waals surface area (Å²) in [7, 11) is -6.17. The Kier molecular flexibility index (Phi) is 10.2. The summed E-state index contributed by atoms with van der Waals surface area (Å²) < 4.78 is 58.9. The Hall–Kier alpha value is -2.29. The molecule has 3 aromatic carbocycles. The van der Waals surface area contributed by atoms with E-state index in [1.807, 2.05) is 0 Å². The molecule has 0 atom stereocenters. The lowest BCUT2D eigenvalue weighted by molar-refractivity contribution is -0.0517. The number of halogens is 3. The Morgan fingerprint density at radius 1 is 0.583 bits per heavy atom. The predicted octanol–water partition coefficient (Wildman–Crippen LogP) is 8.20. The van der Waals surface area contributed by atoms with Gasteiger partial charge in [-0.25, -0.2) is 8.42 Å². The van der Waals surface area contributed by atoms with E-state index >= 15 is 0 Å². The van der Waals surface area contributed by atoms with Crippen LogP contribution in [0, 0.1) is 0 Å². The Morgan fingerprint density at radius 3 is 0.917 bits per heavy atom. The number of alkyl halides is 3. The van der Waals surface area contributed by atoms with Crippen molar-refractivity contribution in [1.29, 1.82) is 0 Å². The molecule has 3 rings (SSSR count). The zero-order valence-electron chi connectivity index (χ0n) is 21.3. The quantitative estimate of drug-likeness (QED) is 0.181. The summed E-state index contributed by atoms with van der Waals surface area (Å²) in [6.45, 7) is 13.5. The summed E-state index contributed by atoms with van der Waals surface area (Å²) in [4.78, 5) is 4.16. The van der Waals surface area contributed by atoms with E-state index in [1.165, 1.54) is 31.4 Å². The summed E-state index contributed by atoms with van der Waals surface area (Å²) in [6.07, 6.45) is 0. The third-order valence-electron chi connectivity index (χ3n) is 5.63. The lowest BCUT2D eigenvalue weighted by atomic mass is 10.0. The first-order valence-corrected chi connectivity index (χ1v) is 14.3. The molecule has 0 aliphatic carbocycles. The monoisotopic (exact) mass is 538 g/mol. The fourth-order valence-corrected chi connectivity index (χ4v) is 5.42. The molecule has 0 saturated heterocycles. The maximum atomic E-state index is 10.7. The predicted molar refractivity (Wildman–Crippen MR) is 140 cm³/mol. The van der Waals surface area contributed by atoms with Gasteiger partial charge in [0.1, 0.15) is 0 Å². The van der Waals surface area contributed by atoms with Gasteiger partial charge in [0.15, 0.2) is 24.8 Å². The minimum Gasteiger partial charge on any atom is -0.741 e. The van der Waals surface area contributed by atoms with Crippen LogP contribution in [-0.4, -0.2) is 18.5 Å². The van der Waals surface area contributed by atoms with E-state index in [-0.39, 0.29) is 10.9 Å². The lowest BCUT2D eigenvalue weighted by Crippen LogP contribution is -2.21. The van der Waals surface area contributed by atoms with Crippen LogP contribution in [0.1, 0.15) is 76.0 Å². The van der Waals surface area contributed by atoms with Crippen LogP contribution in [0.2, 0.25) is 0 Å². The average Bonchev–Trinajstić information content (AvgIpc) is 2.79. The fourth-order valence-electron chi connectivity index (χ4n) is 3.37. The van der Waals surface area contributed by atoms with Crippen molar-refractivity contribution in [2.24, 2.45) is 0 Å².